The number of nitrogens with zero attached hydrogens (tertiary/aromatic N) is 3. The van der Waals surface area contributed by atoms with E-state index >= 15 is 0 Å². The van der Waals surface area contributed by atoms with Crippen molar-refractivity contribution >= 4 is 11.7 Å². The van der Waals surface area contributed by atoms with Crippen molar-refractivity contribution in [3.05, 3.63) is 23.4 Å². The Labute approximate surface area is 128 Å². The van der Waals surface area contributed by atoms with Gasteiger partial charge in [-0.3, -0.25) is 4.79 Å². The maximum Gasteiger partial charge on any atom is 0.254 e. The third kappa shape index (κ3) is 5.01. The van der Waals surface area contributed by atoms with Crippen LogP contribution in [0.1, 0.15) is 36.8 Å². The van der Waals surface area contributed by atoms with Crippen LogP contribution in [0.25, 0.3) is 0 Å². The van der Waals surface area contributed by atoms with Crippen LogP contribution in [0.2, 0.25) is 0 Å². The number of aryl methyl sites for hydroxylation is 1. The van der Waals surface area contributed by atoms with E-state index in [1.807, 2.05) is 51.9 Å². The second kappa shape index (κ2) is 7.98. The van der Waals surface area contributed by atoms with Gasteiger partial charge in [0, 0.05) is 36.9 Å². The maximum absolute atomic E-state index is 12.8. The molecule has 5 heteroatoms. The molecule has 0 saturated carbocycles. The highest BCUT2D eigenvalue weighted by Gasteiger charge is 2.21. The SMILES string of the molecule is CCNc1cc(C(=O)N(CC)C(C)CN(C)C)cc(C)n1. The molecule has 1 aromatic rings. The van der Waals surface area contributed by atoms with Crippen LogP contribution in [-0.4, -0.2) is 60.5 Å². The third-order valence-corrected chi connectivity index (χ3v) is 3.32. The number of likely N-dealkylation sites (N-methyl/N-ethyl adjacent to an activating group) is 2. The number of hydrogen-bond acceptors (Lipinski definition) is 4. The van der Waals surface area contributed by atoms with E-state index in [1.165, 1.54) is 0 Å². The van der Waals surface area contributed by atoms with Crippen molar-refractivity contribution in [2.45, 2.75) is 33.7 Å². The van der Waals surface area contributed by atoms with Gasteiger partial charge in [-0.25, -0.2) is 4.98 Å². The molecule has 0 bridgehead atoms. The van der Waals surface area contributed by atoms with Gasteiger partial charge in [0.25, 0.3) is 5.91 Å². The molecule has 1 aromatic heterocycles. The van der Waals surface area contributed by atoms with Gasteiger partial charge in [-0.2, -0.15) is 0 Å². The second-order valence-corrected chi connectivity index (χ2v) is 5.62. The zero-order valence-electron chi connectivity index (χ0n) is 14.1. The van der Waals surface area contributed by atoms with E-state index in [4.69, 9.17) is 0 Å². The summed E-state index contributed by atoms with van der Waals surface area (Å²) in [7, 11) is 4.04. The quantitative estimate of drug-likeness (QED) is 0.837. The van der Waals surface area contributed by atoms with Crippen LogP contribution in [0.3, 0.4) is 0 Å². The smallest absolute Gasteiger partial charge is 0.254 e. The summed E-state index contributed by atoms with van der Waals surface area (Å²) in [5, 5.41) is 3.17. The predicted molar refractivity (Wildman–Crippen MR) is 87.9 cm³/mol. The standard InChI is InChI=1S/C16H28N4O/c1-7-17-15-10-14(9-12(3)18-15)16(21)20(8-2)13(4)11-19(5)6/h9-10,13H,7-8,11H2,1-6H3,(H,17,18). The van der Waals surface area contributed by atoms with E-state index < -0.39 is 0 Å². The zero-order valence-corrected chi connectivity index (χ0v) is 14.1. The number of pyridine rings is 1. The molecule has 1 atom stereocenters. The molecule has 0 aliphatic rings. The molecule has 1 heterocycles. The number of nitrogens with one attached hydrogen (secondary N) is 1. The monoisotopic (exact) mass is 292 g/mol. The first-order valence-corrected chi connectivity index (χ1v) is 7.57. The van der Waals surface area contributed by atoms with E-state index in [0.29, 0.717) is 12.1 Å². The van der Waals surface area contributed by atoms with Crippen molar-refractivity contribution in [3.8, 4) is 0 Å². The average molecular weight is 292 g/mol. The number of hydrogen-bond donors (Lipinski definition) is 1. The van der Waals surface area contributed by atoms with Crippen LogP contribution in [0.5, 0.6) is 0 Å². The lowest BCUT2D eigenvalue weighted by molar-refractivity contribution is 0.0679. The number of anilines is 1. The first kappa shape index (κ1) is 17.4. The molecular formula is C16H28N4O. The Kier molecular flexibility index (Phi) is 6.62. The van der Waals surface area contributed by atoms with Crippen LogP contribution in [0.15, 0.2) is 12.1 Å². The summed E-state index contributed by atoms with van der Waals surface area (Å²) in [4.78, 5) is 21.2. The van der Waals surface area contributed by atoms with Crippen molar-refractivity contribution in [2.24, 2.45) is 0 Å². The average Bonchev–Trinajstić information content (AvgIpc) is 2.38. The highest BCUT2D eigenvalue weighted by Crippen LogP contribution is 2.14. The first-order chi connectivity index (χ1) is 9.88. The fourth-order valence-corrected chi connectivity index (χ4v) is 2.51. The number of amides is 1. The first-order valence-electron chi connectivity index (χ1n) is 7.57. The van der Waals surface area contributed by atoms with E-state index in [2.05, 4.69) is 22.1 Å². The third-order valence-electron chi connectivity index (χ3n) is 3.32. The fourth-order valence-electron chi connectivity index (χ4n) is 2.51. The van der Waals surface area contributed by atoms with Crippen molar-refractivity contribution in [1.82, 2.24) is 14.8 Å². The lowest BCUT2D eigenvalue weighted by Gasteiger charge is -2.30. The number of carbonyl (C=O) groups excluding carboxylic acids is 1. The van der Waals surface area contributed by atoms with Crippen molar-refractivity contribution < 1.29 is 4.79 Å². The minimum absolute atomic E-state index is 0.0662. The molecular weight excluding hydrogens is 264 g/mol. The molecule has 0 aliphatic carbocycles. The minimum atomic E-state index is 0.0662. The summed E-state index contributed by atoms with van der Waals surface area (Å²) in [6, 6.07) is 3.87. The number of rotatable bonds is 7. The second-order valence-electron chi connectivity index (χ2n) is 5.62. The summed E-state index contributed by atoms with van der Waals surface area (Å²) >= 11 is 0. The molecule has 0 saturated heterocycles. The Hall–Kier alpha value is -1.62. The van der Waals surface area contributed by atoms with E-state index in [0.717, 1.165) is 24.6 Å². The maximum atomic E-state index is 12.8. The Bertz CT molecular complexity index is 473. The lowest BCUT2D eigenvalue weighted by atomic mass is 10.1. The van der Waals surface area contributed by atoms with Gasteiger partial charge in [0.15, 0.2) is 0 Å². The van der Waals surface area contributed by atoms with Crippen LogP contribution in [-0.2, 0) is 0 Å². The van der Waals surface area contributed by atoms with E-state index in [-0.39, 0.29) is 11.9 Å². The van der Waals surface area contributed by atoms with Gasteiger partial charge in [0.05, 0.1) is 0 Å². The normalized spacial score (nSPS) is 12.3. The van der Waals surface area contributed by atoms with Gasteiger partial charge in [-0.05, 0) is 53.9 Å². The number of carbonyl (C=O) groups is 1. The molecule has 1 unspecified atom stereocenters. The lowest BCUT2D eigenvalue weighted by Crippen LogP contribution is -2.43. The summed E-state index contributed by atoms with van der Waals surface area (Å²) in [5.74, 6) is 0.827. The molecule has 1 N–H and O–H groups in total. The van der Waals surface area contributed by atoms with Crippen LogP contribution in [0, 0.1) is 6.92 Å². The summed E-state index contributed by atoms with van der Waals surface area (Å²) in [6.07, 6.45) is 0. The summed E-state index contributed by atoms with van der Waals surface area (Å²) in [6.45, 7) is 10.4. The molecule has 1 amide bonds. The van der Waals surface area contributed by atoms with Crippen molar-refractivity contribution in [1.29, 1.82) is 0 Å². The van der Waals surface area contributed by atoms with Crippen LogP contribution in [0.4, 0.5) is 5.82 Å². The Morgan fingerprint density at radius 2 is 2.00 bits per heavy atom. The zero-order chi connectivity index (χ0) is 16.0. The largest absolute Gasteiger partial charge is 0.370 e. The predicted octanol–water partition coefficient (Wildman–Crippen LogP) is 2.23. The van der Waals surface area contributed by atoms with Crippen molar-refractivity contribution in [3.63, 3.8) is 0 Å². The molecule has 1 rings (SSSR count). The van der Waals surface area contributed by atoms with E-state index in [9.17, 15) is 4.79 Å². The van der Waals surface area contributed by atoms with Gasteiger partial charge in [0.2, 0.25) is 0 Å². The minimum Gasteiger partial charge on any atom is -0.370 e. The van der Waals surface area contributed by atoms with Gasteiger partial charge in [-0.1, -0.05) is 0 Å². The Morgan fingerprint density at radius 1 is 1.33 bits per heavy atom. The van der Waals surface area contributed by atoms with Gasteiger partial charge < -0.3 is 15.1 Å². The molecule has 21 heavy (non-hydrogen) atoms. The number of aromatic nitrogens is 1. The Balaban J connectivity index is 2.99. The molecule has 0 aliphatic heterocycles. The van der Waals surface area contributed by atoms with Gasteiger partial charge in [-0.15, -0.1) is 0 Å². The fraction of sp³-hybridized carbons (Fsp3) is 0.625. The molecule has 5 nitrogen and oxygen atoms in total. The summed E-state index contributed by atoms with van der Waals surface area (Å²) < 4.78 is 0. The highest BCUT2D eigenvalue weighted by atomic mass is 16.2. The molecule has 0 aromatic carbocycles. The molecule has 0 spiro atoms. The summed E-state index contributed by atoms with van der Waals surface area (Å²) in [5.41, 5.74) is 1.55. The Morgan fingerprint density at radius 3 is 2.52 bits per heavy atom. The van der Waals surface area contributed by atoms with E-state index in [1.54, 1.807) is 0 Å². The molecule has 0 fully saturated rings. The van der Waals surface area contributed by atoms with Crippen molar-refractivity contribution in [2.75, 3.05) is 39.0 Å². The van der Waals surface area contributed by atoms with Gasteiger partial charge in [0.1, 0.15) is 5.82 Å². The van der Waals surface area contributed by atoms with Crippen LogP contribution >= 0.6 is 0 Å². The highest BCUT2D eigenvalue weighted by molar-refractivity contribution is 5.95. The molecule has 0 radical (unpaired) electrons. The van der Waals surface area contributed by atoms with Crippen LogP contribution < -0.4 is 5.32 Å². The topological polar surface area (TPSA) is 48.5 Å². The molecule has 118 valence electrons. The van der Waals surface area contributed by atoms with Gasteiger partial charge >= 0.3 is 0 Å².